The predicted octanol–water partition coefficient (Wildman–Crippen LogP) is 2.51. The number of carbonyl (C=O) groups excluding carboxylic acids is 4. The minimum Gasteiger partial charge on any atom is -0.466 e. The molecule has 1 aliphatic heterocycles. The maximum atomic E-state index is 14.4. The number of aliphatic hydroxyl groups is 3. The molecule has 1 spiro atoms. The molecular formula is C36H42O10. The number of methoxy groups -OCH3 is 1. The van der Waals surface area contributed by atoms with Gasteiger partial charge in [-0.1, -0.05) is 25.5 Å². The van der Waals surface area contributed by atoms with Gasteiger partial charge in [0.1, 0.15) is 23.9 Å². The van der Waals surface area contributed by atoms with Crippen LogP contribution in [0, 0.1) is 52.3 Å². The van der Waals surface area contributed by atoms with Crippen LogP contribution in [0.4, 0.5) is 0 Å². The van der Waals surface area contributed by atoms with Crippen molar-refractivity contribution in [3.8, 4) is 0 Å². The van der Waals surface area contributed by atoms with E-state index in [1.165, 1.54) is 14.0 Å². The van der Waals surface area contributed by atoms with Gasteiger partial charge in [-0.15, -0.1) is 0 Å². The number of esters is 3. The molecule has 10 heteroatoms. The number of hydrogen-bond acceptors (Lipinski definition) is 10. The number of Topliss-reactive ketones (excluding diaryl/α,β-unsaturated/α-hetero) is 1. The third-order valence-electron chi connectivity index (χ3n) is 14.3. The van der Waals surface area contributed by atoms with Gasteiger partial charge in [0.25, 0.3) is 0 Å². The average Bonchev–Trinajstić information content (AvgIpc) is 3.95. The first-order valence-corrected chi connectivity index (χ1v) is 16.5. The first-order chi connectivity index (χ1) is 21.7. The average molecular weight is 635 g/mol. The Balaban J connectivity index is 1.36. The van der Waals surface area contributed by atoms with E-state index in [0.29, 0.717) is 17.6 Å². The molecule has 0 unspecified atom stereocenters. The summed E-state index contributed by atoms with van der Waals surface area (Å²) in [6.07, 6.45) is 2.62. The highest BCUT2D eigenvalue weighted by atomic mass is 16.6. The molecular weight excluding hydrogens is 592 g/mol. The van der Waals surface area contributed by atoms with E-state index in [0.717, 1.165) is 24.0 Å². The van der Waals surface area contributed by atoms with Crippen LogP contribution in [0.5, 0.6) is 0 Å². The van der Waals surface area contributed by atoms with Crippen molar-refractivity contribution >= 4 is 23.7 Å². The molecule has 0 aromatic rings. The van der Waals surface area contributed by atoms with Gasteiger partial charge in [-0.05, 0) is 86.7 Å². The fourth-order valence-electron chi connectivity index (χ4n) is 12.0. The number of aliphatic hydroxyl groups excluding tert-OH is 2. The number of ketones is 1. The van der Waals surface area contributed by atoms with Crippen molar-refractivity contribution in [3.05, 3.63) is 45.1 Å². The van der Waals surface area contributed by atoms with E-state index in [4.69, 9.17) is 14.2 Å². The van der Waals surface area contributed by atoms with Gasteiger partial charge in [-0.2, -0.15) is 0 Å². The smallest absolute Gasteiger partial charge is 0.337 e. The van der Waals surface area contributed by atoms with Crippen molar-refractivity contribution in [1.82, 2.24) is 0 Å². The number of ether oxygens (including phenoxy) is 3. The molecule has 8 aliphatic rings. The van der Waals surface area contributed by atoms with Crippen LogP contribution in [-0.2, 0) is 33.4 Å². The molecule has 1 heterocycles. The normalized spacial score (nSPS) is 48.5. The van der Waals surface area contributed by atoms with Crippen molar-refractivity contribution in [2.45, 2.75) is 77.6 Å². The maximum Gasteiger partial charge on any atom is 0.337 e. The van der Waals surface area contributed by atoms with Crippen LogP contribution < -0.4 is 0 Å². The summed E-state index contributed by atoms with van der Waals surface area (Å²) in [6, 6.07) is 0. The Morgan fingerprint density at radius 3 is 2.41 bits per heavy atom. The van der Waals surface area contributed by atoms with Crippen LogP contribution in [0.1, 0.15) is 60.3 Å². The van der Waals surface area contributed by atoms with Gasteiger partial charge in [-0.25, -0.2) is 14.4 Å². The first kappa shape index (κ1) is 30.3. The molecule has 12 atom stereocenters. The number of hydrogen-bond donors (Lipinski definition) is 3. The topological polar surface area (TPSA) is 157 Å². The number of carbonyl (C=O) groups is 4. The monoisotopic (exact) mass is 634 g/mol. The Bertz CT molecular complexity index is 1680. The summed E-state index contributed by atoms with van der Waals surface area (Å²) in [5, 5.41) is 34.8. The van der Waals surface area contributed by atoms with Gasteiger partial charge in [0.15, 0.2) is 5.78 Å². The summed E-state index contributed by atoms with van der Waals surface area (Å²) in [5.41, 5.74) is -0.913. The molecule has 0 aromatic carbocycles. The standard InChI is InChI=1S/C36H42O10/c1-7-14(2)30(40)45-13-35(43)22-10-21(22)33(4)23(35)11-20-18(12-37)32(42)46-36(20)24(33)9-17-16-8-19(16)34(5)26(17)27(36)25(28(38)29(34)39)15(3)31(41)44-6/h7,16,19,21-24,27,29,37,39,43H,8-13H2,1-6H3/t16-,19-,21-,22+,23+,24+,27+,29+,33+,34+,35+,36+/m1/s1. The minimum absolute atomic E-state index is 0.0493. The van der Waals surface area contributed by atoms with Crippen molar-refractivity contribution in [2.75, 3.05) is 20.3 Å². The molecule has 46 heavy (non-hydrogen) atoms. The van der Waals surface area contributed by atoms with E-state index >= 15 is 0 Å². The fraction of sp³-hybridized carbons (Fsp3) is 0.667. The molecule has 0 radical (unpaired) electrons. The Morgan fingerprint density at radius 2 is 1.76 bits per heavy atom. The molecule has 246 valence electrons. The van der Waals surface area contributed by atoms with Crippen LogP contribution in [0.15, 0.2) is 45.1 Å². The van der Waals surface area contributed by atoms with Crippen molar-refractivity contribution in [1.29, 1.82) is 0 Å². The summed E-state index contributed by atoms with van der Waals surface area (Å²) in [6.45, 7) is 8.25. The third-order valence-corrected chi connectivity index (χ3v) is 14.3. The highest BCUT2D eigenvalue weighted by Gasteiger charge is 2.84. The second-order valence-corrected chi connectivity index (χ2v) is 15.6. The van der Waals surface area contributed by atoms with Crippen molar-refractivity contribution in [3.63, 3.8) is 0 Å². The first-order valence-electron chi connectivity index (χ1n) is 16.5. The molecule has 8 rings (SSSR count). The van der Waals surface area contributed by atoms with Crippen molar-refractivity contribution in [2.24, 2.45) is 52.3 Å². The van der Waals surface area contributed by atoms with Crippen LogP contribution >= 0.6 is 0 Å². The molecule has 5 fully saturated rings. The number of fused-ring (bicyclic) bond motifs is 7. The van der Waals surface area contributed by atoms with Gasteiger partial charge in [-0.3, -0.25) is 4.79 Å². The molecule has 7 aliphatic carbocycles. The molecule has 5 saturated carbocycles. The summed E-state index contributed by atoms with van der Waals surface area (Å²) >= 11 is 0. The Labute approximate surface area is 267 Å². The van der Waals surface area contributed by atoms with Gasteiger partial charge in [0.05, 0.1) is 25.2 Å². The Hall–Kier alpha value is -3.08. The second kappa shape index (κ2) is 9.08. The zero-order chi connectivity index (χ0) is 33.0. The van der Waals surface area contributed by atoms with Crippen LogP contribution in [-0.4, -0.2) is 76.6 Å². The fourth-order valence-corrected chi connectivity index (χ4v) is 12.0. The van der Waals surface area contributed by atoms with Crippen LogP contribution in [0.25, 0.3) is 0 Å². The SMILES string of the molecule is CC=C(C)C(=O)OC[C@@]1(O)[C@H]2CC3=C(CO)C(=O)O[C@@]34[C@H]3C(=C(C)C(=O)OC)C(=O)[C@H](O)[C@]5(C)C3=C(C[C@H]4[C@@]2(C)[C@@H]2C[C@@H]21)[C@H]1C[C@H]15. The highest BCUT2D eigenvalue weighted by Crippen LogP contribution is 2.83. The van der Waals surface area contributed by atoms with Gasteiger partial charge < -0.3 is 29.5 Å². The Morgan fingerprint density at radius 1 is 1.04 bits per heavy atom. The van der Waals surface area contributed by atoms with E-state index < -0.39 is 76.2 Å². The lowest BCUT2D eigenvalue weighted by Gasteiger charge is -2.63. The van der Waals surface area contributed by atoms with Gasteiger partial charge >= 0.3 is 17.9 Å². The summed E-state index contributed by atoms with van der Waals surface area (Å²) in [5.74, 6) is -3.92. The summed E-state index contributed by atoms with van der Waals surface area (Å²) < 4.78 is 17.4. The molecule has 10 nitrogen and oxygen atoms in total. The zero-order valence-electron chi connectivity index (χ0n) is 27.1. The Kier molecular flexibility index (Phi) is 5.97. The summed E-state index contributed by atoms with van der Waals surface area (Å²) in [7, 11) is 1.24. The van der Waals surface area contributed by atoms with E-state index in [2.05, 4.69) is 6.92 Å². The van der Waals surface area contributed by atoms with Crippen molar-refractivity contribution < 1.29 is 48.7 Å². The zero-order valence-corrected chi connectivity index (χ0v) is 27.1. The third kappa shape index (κ3) is 3.15. The lowest BCUT2D eigenvalue weighted by Crippen LogP contribution is -2.67. The quantitative estimate of drug-likeness (QED) is 0.178. The molecule has 0 saturated heterocycles. The number of rotatable bonds is 5. The van der Waals surface area contributed by atoms with Crippen LogP contribution in [0.3, 0.4) is 0 Å². The lowest BCUT2D eigenvalue weighted by molar-refractivity contribution is -0.191. The second-order valence-electron chi connectivity index (χ2n) is 15.6. The molecule has 0 amide bonds. The minimum atomic E-state index is -1.39. The van der Waals surface area contributed by atoms with Crippen LogP contribution in [0.2, 0.25) is 0 Å². The maximum absolute atomic E-state index is 14.4. The van der Waals surface area contributed by atoms with E-state index in [1.54, 1.807) is 19.9 Å². The highest BCUT2D eigenvalue weighted by molar-refractivity contribution is 6.09. The van der Waals surface area contributed by atoms with E-state index in [1.807, 2.05) is 6.92 Å². The lowest BCUT2D eigenvalue weighted by atomic mass is 9.42. The van der Waals surface area contributed by atoms with E-state index in [9.17, 15) is 34.5 Å². The largest absolute Gasteiger partial charge is 0.466 e. The van der Waals surface area contributed by atoms with E-state index in [-0.39, 0.29) is 53.4 Å². The summed E-state index contributed by atoms with van der Waals surface area (Å²) in [4.78, 5) is 54.0. The van der Waals surface area contributed by atoms with Gasteiger partial charge in [0, 0.05) is 34.0 Å². The van der Waals surface area contributed by atoms with Gasteiger partial charge in [0.2, 0.25) is 0 Å². The molecule has 0 aromatic heterocycles. The molecule has 0 bridgehead atoms. The predicted molar refractivity (Wildman–Crippen MR) is 160 cm³/mol. The molecule has 3 N–H and O–H groups in total. The number of allylic oxidation sites excluding steroid dienone is 2.